The highest BCUT2D eigenvalue weighted by Crippen LogP contribution is 2.44. The van der Waals surface area contributed by atoms with Crippen molar-refractivity contribution in [1.82, 2.24) is 5.32 Å². The van der Waals surface area contributed by atoms with Crippen molar-refractivity contribution in [3.63, 3.8) is 0 Å². The lowest BCUT2D eigenvalue weighted by Crippen LogP contribution is -2.34. The predicted molar refractivity (Wildman–Crippen MR) is 77.2 cm³/mol. The molecule has 0 aliphatic heterocycles. The third-order valence-electron chi connectivity index (χ3n) is 5.08. The molecule has 3 atom stereocenters. The third kappa shape index (κ3) is 4.62. The van der Waals surface area contributed by atoms with Crippen molar-refractivity contribution in [2.75, 3.05) is 13.1 Å². The van der Waals surface area contributed by atoms with Gasteiger partial charge in [-0.1, -0.05) is 41.0 Å². The smallest absolute Gasteiger partial charge is 0.00437 e. The van der Waals surface area contributed by atoms with Crippen molar-refractivity contribution < 1.29 is 0 Å². The minimum absolute atomic E-state index is 0.523. The van der Waals surface area contributed by atoms with Crippen molar-refractivity contribution in [2.45, 2.75) is 66.7 Å². The van der Waals surface area contributed by atoms with E-state index < -0.39 is 0 Å². The van der Waals surface area contributed by atoms with Crippen molar-refractivity contribution >= 4 is 0 Å². The molecule has 0 aromatic rings. The first-order valence-corrected chi connectivity index (χ1v) is 7.68. The van der Waals surface area contributed by atoms with E-state index in [1.54, 1.807) is 0 Å². The van der Waals surface area contributed by atoms with Gasteiger partial charge in [0.25, 0.3) is 0 Å². The largest absolute Gasteiger partial charge is 0.317 e. The van der Waals surface area contributed by atoms with Crippen LogP contribution in [0.15, 0.2) is 0 Å². The molecule has 0 saturated heterocycles. The molecule has 0 bridgehead atoms. The summed E-state index contributed by atoms with van der Waals surface area (Å²) >= 11 is 0. The normalized spacial score (nSPS) is 30.5. The van der Waals surface area contributed by atoms with Crippen LogP contribution in [0.3, 0.4) is 0 Å². The van der Waals surface area contributed by atoms with Crippen LogP contribution in [0.2, 0.25) is 0 Å². The zero-order valence-corrected chi connectivity index (χ0v) is 12.7. The molecule has 1 nitrogen and oxygen atoms in total. The maximum atomic E-state index is 3.55. The molecule has 17 heavy (non-hydrogen) atoms. The summed E-state index contributed by atoms with van der Waals surface area (Å²) in [5.74, 6) is 2.81. The predicted octanol–water partition coefficient (Wildman–Crippen LogP) is 4.47. The van der Waals surface area contributed by atoms with E-state index in [1.807, 2.05) is 0 Å². The van der Waals surface area contributed by atoms with Crippen LogP contribution in [0.5, 0.6) is 0 Å². The molecule has 102 valence electrons. The zero-order valence-electron chi connectivity index (χ0n) is 12.7. The van der Waals surface area contributed by atoms with Gasteiger partial charge in [0, 0.05) is 0 Å². The Bertz CT molecular complexity index is 210. The van der Waals surface area contributed by atoms with E-state index in [0.717, 1.165) is 17.8 Å². The Morgan fingerprint density at radius 3 is 2.35 bits per heavy atom. The summed E-state index contributed by atoms with van der Waals surface area (Å²) in [6.07, 6.45) is 6.92. The van der Waals surface area contributed by atoms with Crippen LogP contribution in [-0.2, 0) is 0 Å². The van der Waals surface area contributed by atoms with E-state index in [1.165, 1.54) is 45.2 Å². The van der Waals surface area contributed by atoms with Crippen LogP contribution >= 0.6 is 0 Å². The molecule has 0 amide bonds. The van der Waals surface area contributed by atoms with Gasteiger partial charge in [-0.2, -0.15) is 0 Å². The number of hydrogen-bond donors (Lipinski definition) is 1. The molecule has 0 aromatic carbocycles. The second-order valence-corrected chi connectivity index (χ2v) is 6.95. The molecule has 1 aliphatic carbocycles. The Hall–Kier alpha value is -0.0400. The fraction of sp³-hybridized carbons (Fsp3) is 1.00. The summed E-state index contributed by atoms with van der Waals surface area (Å²) in [6.45, 7) is 14.4. The molecule has 1 heteroatoms. The molecule has 0 aromatic heterocycles. The highest BCUT2D eigenvalue weighted by Gasteiger charge is 2.34. The summed E-state index contributed by atoms with van der Waals surface area (Å²) in [6, 6.07) is 0. The Morgan fingerprint density at radius 1 is 1.06 bits per heavy atom. The van der Waals surface area contributed by atoms with E-state index in [9.17, 15) is 0 Å². The Labute approximate surface area is 109 Å². The molecule has 1 N–H and O–H groups in total. The topological polar surface area (TPSA) is 12.0 Å². The van der Waals surface area contributed by atoms with Gasteiger partial charge in [0.05, 0.1) is 0 Å². The van der Waals surface area contributed by atoms with Gasteiger partial charge in [0.2, 0.25) is 0 Å². The number of rotatable bonds is 6. The Morgan fingerprint density at radius 2 is 1.76 bits per heavy atom. The first-order chi connectivity index (χ1) is 7.97. The summed E-state index contributed by atoms with van der Waals surface area (Å²) in [5.41, 5.74) is 0.523. The zero-order chi connectivity index (χ0) is 12.9. The van der Waals surface area contributed by atoms with Crippen LogP contribution in [-0.4, -0.2) is 13.1 Å². The molecule has 0 spiro atoms. The Balaban J connectivity index is 2.36. The third-order valence-corrected chi connectivity index (χ3v) is 5.08. The lowest BCUT2D eigenvalue weighted by Gasteiger charge is -2.41. The fourth-order valence-corrected chi connectivity index (χ4v) is 3.17. The van der Waals surface area contributed by atoms with Crippen LogP contribution in [0, 0.1) is 23.2 Å². The SMILES string of the molecule is CCCNCCC(C)(C)C1CCC(C)C(C)C1. The second kappa shape index (κ2) is 6.78. The minimum atomic E-state index is 0.523. The maximum Gasteiger partial charge on any atom is -0.00437 e. The molecule has 1 fully saturated rings. The molecular formula is C16H33N. The quantitative estimate of drug-likeness (QED) is 0.674. The van der Waals surface area contributed by atoms with Gasteiger partial charge < -0.3 is 5.32 Å². The second-order valence-electron chi connectivity index (χ2n) is 6.95. The van der Waals surface area contributed by atoms with Gasteiger partial charge in [0.1, 0.15) is 0 Å². The summed E-state index contributed by atoms with van der Waals surface area (Å²) in [5, 5.41) is 3.55. The van der Waals surface area contributed by atoms with E-state index >= 15 is 0 Å². The van der Waals surface area contributed by atoms with Crippen molar-refractivity contribution in [1.29, 1.82) is 0 Å². The van der Waals surface area contributed by atoms with Gasteiger partial charge in [-0.3, -0.25) is 0 Å². The van der Waals surface area contributed by atoms with Gasteiger partial charge in [0.15, 0.2) is 0 Å². The summed E-state index contributed by atoms with van der Waals surface area (Å²) in [4.78, 5) is 0. The highest BCUT2D eigenvalue weighted by atomic mass is 14.8. The van der Waals surface area contributed by atoms with E-state index in [-0.39, 0.29) is 0 Å². The number of nitrogens with one attached hydrogen (secondary N) is 1. The van der Waals surface area contributed by atoms with Crippen molar-refractivity contribution in [3.05, 3.63) is 0 Å². The highest BCUT2D eigenvalue weighted by molar-refractivity contribution is 4.85. The van der Waals surface area contributed by atoms with Crippen LogP contribution in [0.4, 0.5) is 0 Å². The lowest BCUT2D eigenvalue weighted by atomic mass is 9.64. The molecule has 0 radical (unpaired) electrons. The standard InChI is InChI=1S/C16H33N/c1-6-10-17-11-9-16(4,5)15-8-7-13(2)14(3)12-15/h13-15,17H,6-12H2,1-5H3. The lowest BCUT2D eigenvalue weighted by molar-refractivity contribution is 0.0930. The van der Waals surface area contributed by atoms with Gasteiger partial charge in [-0.15, -0.1) is 0 Å². The van der Waals surface area contributed by atoms with Gasteiger partial charge in [-0.25, -0.2) is 0 Å². The summed E-state index contributed by atoms with van der Waals surface area (Å²) in [7, 11) is 0. The van der Waals surface area contributed by atoms with Crippen molar-refractivity contribution in [3.8, 4) is 0 Å². The molecule has 1 aliphatic rings. The Kier molecular flexibility index (Phi) is 5.99. The van der Waals surface area contributed by atoms with Crippen LogP contribution < -0.4 is 5.32 Å². The molecule has 3 unspecified atom stereocenters. The first kappa shape index (κ1) is 15.0. The molecule has 1 rings (SSSR count). The van der Waals surface area contributed by atoms with E-state index in [2.05, 4.69) is 39.9 Å². The molecular weight excluding hydrogens is 206 g/mol. The average Bonchev–Trinajstić information content (AvgIpc) is 2.28. The molecule has 1 saturated carbocycles. The molecule has 0 heterocycles. The minimum Gasteiger partial charge on any atom is -0.317 e. The average molecular weight is 239 g/mol. The number of hydrogen-bond acceptors (Lipinski definition) is 1. The van der Waals surface area contributed by atoms with E-state index in [4.69, 9.17) is 0 Å². The van der Waals surface area contributed by atoms with Crippen LogP contribution in [0.1, 0.15) is 66.7 Å². The monoisotopic (exact) mass is 239 g/mol. The first-order valence-electron chi connectivity index (χ1n) is 7.68. The fourth-order valence-electron chi connectivity index (χ4n) is 3.17. The summed E-state index contributed by atoms with van der Waals surface area (Å²) < 4.78 is 0. The van der Waals surface area contributed by atoms with Gasteiger partial charge >= 0.3 is 0 Å². The van der Waals surface area contributed by atoms with E-state index in [0.29, 0.717) is 5.41 Å². The van der Waals surface area contributed by atoms with Crippen LogP contribution in [0.25, 0.3) is 0 Å². The van der Waals surface area contributed by atoms with Crippen molar-refractivity contribution in [2.24, 2.45) is 23.2 Å². The van der Waals surface area contributed by atoms with Gasteiger partial charge in [-0.05, 0) is 61.9 Å². The maximum absolute atomic E-state index is 3.55.